The maximum atomic E-state index is 9.26. The van der Waals surface area contributed by atoms with Gasteiger partial charge in [0.1, 0.15) is 0 Å². The third-order valence-electron chi connectivity index (χ3n) is 1.79. The van der Waals surface area contributed by atoms with Crippen LogP contribution in [-0.2, 0) is 0 Å². The molecule has 0 aromatic carbocycles. The number of piperidine rings is 1. The van der Waals surface area contributed by atoms with Gasteiger partial charge in [-0.2, -0.15) is 0 Å². The quantitative estimate of drug-likeness (QED) is 0.575. The monoisotopic (exact) mass is 174 g/mol. The van der Waals surface area contributed by atoms with Gasteiger partial charge in [0, 0.05) is 7.05 Å². The summed E-state index contributed by atoms with van der Waals surface area (Å²) in [4.78, 5) is 11.6. The normalized spacial score (nSPS) is 17.5. The smallest absolute Gasteiger partial charge is 0.404 e. The molecule has 0 aromatic heterocycles. The highest BCUT2D eigenvalue weighted by Crippen LogP contribution is 2.04. The summed E-state index contributed by atoms with van der Waals surface area (Å²) in [7, 11) is 3.54. The molecule has 0 spiro atoms. The lowest BCUT2D eigenvalue weighted by atomic mass is 10.1. The minimum atomic E-state index is -0.995. The van der Waals surface area contributed by atoms with Gasteiger partial charge in [-0.05, 0) is 33.0 Å². The summed E-state index contributed by atoms with van der Waals surface area (Å²) < 4.78 is 0. The Kier molecular flexibility index (Phi) is 6.47. The van der Waals surface area contributed by atoms with Crippen molar-refractivity contribution >= 4 is 6.09 Å². The van der Waals surface area contributed by atoms with Crippen LogP contribution in [-0.4, -0.2) is 43.3 Å². The van der Waals surface area contributed by atoms with E-state index in [-0.39, 0.29) is 0 Å². The van der Waals surface area contributed by atoms with E-state index in [0.717, 1.165) is 0 Å². The standard InChI is InChI=1S/C6H13N.C2H5NO2/c1-7-5-3-2-4-6-7;1-3-2(4)5/h2-6H2,1H3;3H,1H3,(H,4,5). The van der Waals surface area contributed by atoms with Crippen LogP contribution < -0.4 is 5.32 Å². The molecule has 2 N–H and O–H groups in total. The predicted molar refractivity (Wildman–Crippen MR) is 48.4 cm³/mol. The van der Waals surface area contributed by atoms with E-state index in [1.807, 2.05) is 5.32 Å². The summed E-state index contributed by atoms with van der Waals surface area (Å²) in [5, 5.41) is 9.56. The molecule has 1 fully saturated rings. The van der Waals surface area contributed by atoms with Gasteiger partial charge in [-0.3, -0.25) is 0 Å². The third-order valence-corrected chi connectivity index (χ3v) is 1.79. The second-order valence-electron chi connectivity index (χ2n) is 2.92. The van der Waals surface area contributed by atoms with E-state index < -0.39 is 6.09 Å². The van der Waals surface area contributed by atoms with Gasteiger partial charge < -0.3 is 15.3 Å². The van der Waals surface area contributed by atoms with Gasteiger partial charge in [0.25, 0.3) is 0 Å². The number of nitrogens with one attached hydrogen (secondary N) is 1. The van der Waals surface area contributed by atoms with Crippen LogP contribution in [0.4, 0.5) is 4.79 Å². The van der Waals surface area contributed by atoms with Gasteiger partial charge in [-0.1, -0.05) is 6.42 Å². The van der Waals surface area contributed by atoms with Crippen LogP contribution in [0.25, 0.3) is 0 Å². The molecule has 1 aliphatic heterocycles. The Morgan fingerprint density at radius 3 is 1.92 bits per heavy atom. The van der Waals surface area contributed by atoms with E-state index in [0.29, 0.717) is 0 Å². The first-order chi connectivity index (χ1) is 5.66. The number of nitrogens with zero attached hydrogens (tertiary/aromatic N) is 1. The van der Waals surface area contributed by atoms with Gasteiger partial charge in [0.05, 0.1) is 0 Å². The van der Waals surface area contributed by atoms with E-state index in [1.165, 1.54) is 39.4 Å². The number of likely N-dealkylation sites (tertiary alicyclic amines) is 1. The van der Waals surface area contributed by atoms with Gasteiger partial charge >= 0.3 is 6.09 Å². The molecule has 1 amide bonds. The molecule has 4 nitrogen and oxygen atoms in total. The Morgan fingerprint density at radius 2 is 1.75 bits per heavy atom. The van der Waals surface area contributed by atoms with Crippen molar-refractivity contribution in [1.29, 1.82) is 0 Å². The van der Waals surface area contributed by atoms with Crippen molar-refractivity contribution in [3.05, 3.63) is 0 Å². The molecular formula is C8H18N2O2. The molecule has 0 saturated carbocycles. The fraction of sp³-hybridized carbons (Fsp3) is 0.875. The summed E-state index contributed by atoms with van der Waals surface area (Å²) in [5.41, 5.74) is 0. The summed E-state index contributed by atoms with van der Waals surface area (Å²) in [6.45, 7) is 2.64. The lowest BCUT2D eigenvalue weighted by Gasteiger charge is -2.20. The van der Waals surface area contributed by atoms with Gasteiger partial charge in [0.2, 0.25) is 0 Å². The zero-order chi connectivity index (χ0) is 9.40. The Hall–Kier alpha value is -0.770. The molecule has 1 heterocycles. The van der Waals surface area contributed by atoms with Crippen LogP contribution in [0.2, 0.25) is 0 Å². The molecule has 0 bridgehead atoms. The molecule has 0 aliphatic carbocycles. The highest BCUT2D eigenvalue weighted by molar-refractivity contribution is 5.63. The van der Waals surface area contributed by atoms with Crippen molar-refractivity contribution in [2.45, 2.75) is 19.3 Å². The van der Waals surface area contributed by atoms with Crippen LogP contribution in [0.1, 0.15) is 19.3 Å². The molecule has 0 unspecified atom stereocenters. The largest absolute Gasteiger partial charge is 0.465 e. The zero-order valence-corrected chi connectivity index (χ0v) is 7.84. The minimum absolute atomic E-state index is 0.995. The van der Waals surface area contributed by atoms with E-state index >= 15 is 0 Å². The van der Waals surface area contributed by atoms with Crippen molar-refractivity contribution in [3.63, 3.8) is 0 Å². The number of hydrogen-bond acceptors (Lipinski definition) is 2. The topological polar surface area (TPSA) is 52.6 Å². The van der Waals surface area contributed by atoms with Crippen LogP contribution in [0.15, 0.2) is 0 Å². The number of carboxylic acid groups (broad SMARTS) is 1. The second-order valence-corrected chi connectivity index (χ2v) is 2.92. The molecule has 72 valence electrons. The lowest BCUT2D eigenvalue weighted by molar-refractivity contribution is 0.197. The van der Waals surface area contributed by atoms with Crippen molar-refractivity contribution in [1.82, 2.24) is 10.2 Å². The zero-order valence-electron chi connectivity index (χ0n) is 7.84. The number of rotatable bonds is 0. The summed E-state index contributed by atoms with van der Waals surface area (Å²) >= 11 is 0. The molecular weight excluding hydrogens is 156 g/mol. The first-order valence-corrected chi connectivity index (χ1v) is 4.26. The molecule has 0 radical (unpaired) electrons. The van der Waals surface area contributed by atoms with Crippen molar-refractivity contribution < 1.29 is 9.90 Å². The summed E-state index contributed by atoms with van der Waals surface area (Å²) in [6.07, 6.45) is 3.28. The Bertz CT molecular complexity index is 122. The van der Waals surface area contributed by atoms with Crippen molar-refractivity contribution in [2.24, 2.45) is 0 Å². The van der Waals surface area contributed by atoms with E-state index in [2.05, 4.69) is 11.9 Å². The van der Waals surface area contributed by atoms with Crippen LogP contribution in [0.3, 0.4) is 0 Å². The van der Waals surface area contributed by atoms with E-state index in [1.54, 1.807) is 0 Å². The molecule has 1 aliphatic rings. The fourth-order valence-electron chi connectivity index (χ4n) is 1.05. The minimum Gasteiger partial charge on any atom is -0.465 e. The molecule has 12 heavy (non-hydrogen) atoms. The van der Waals surface area contributed by atoms with E-state index in [4.69, 9.17) is 5.11 Å². The molecule has 1 rings (SSSR count). The lowest BCUT2D eigenvalue weighted by Crippen LogP contribution is -2.24. The SMILES string of the molecule is CN1CCCCC1.CNC(=O)O. The maximum Gasteiger partial charge on any atom is 0.404 e. The van der Waals surface area contributed by atoms with Crippen molar-refractivity contribution in [2.75, 3.05) is 27.2 Å². The number of hydrogen-bond donors (Lipinski definition) is 2. The summed E-state index contributed by atoms with van der Waals surface area (Å²) in [6, 6.07) is 0. The van der Waals surface area contributed by atoms with Crippen LogP contribution in [0, 0.1) is 0 Å². The van der Waals surface area contributed by atoms with Crippen LogP contribution >= 0.6 is 0 Å². The highest BCUT2D eigenvalue weighted by atomic mass is 16.4. The third kappa shape index (κ3) is 7.34. The fourth-order valence-corrected chi connectivity index (χ4v) is 1.05. The average molecular weight is 174 g/mol. The second kappa shape index (κ2) is 6.91. The van der Waals surface area contributed by atoms with Crippen molar-refractivity contribution in [3.8, 4) is 0 Å². The predicted octanol–water partition coefficient (Wildman–Crippen LogP) is 0.986. The van der Waals surface area contributed by atoms with Gasteiger partial charge in [-0.15, -0.1) is 0 Å². The van der Waals surface area contributed by atoms with E-state index in [9.17, 15) is 4.79 Å². The Morgan fingerprint density at radius 1 is 1.33 bits per heavy atom. The van der Waals surface area contributed by atoms with Gasteiger partial charge in [0.15, 0.2) is 0 Å². The average Bonchev–Trinajstić information content (AvgIpc) is 2.07. The first-order valence-electron chi connectivity index (χ1n) is 4.26. The Labute approximate surface area is 73.6 Å². The first kappa shape index (κ1) is 11.2. The number of carbonyl (C=O) groups is 1. The number of amides is 1. The molecule has 0 aromatic rings. The Balaban J connectivity index is 0.000000217. The van der Waals surface area contributed by atoms with Gasteiger partial charge in [-0.25, -0.2) is 4.79 Å². The highest BCUT2D eigenvalue weighted by Gasteiger charge is 2.02. The summed E-state index contributed by atoms with van der Waals surface area (Å²) in [5.74, 6) is 0. The van der Waals surface area contributed by atoms with Crippen LogP contribution in [0.5, 0.6) is 0 Å². The molecule has 0 atom stereocenters. The molecule has 4 heteroatoms. The molecule has 1 saturated heterocycles. The maximum absolute atomic E-state index is 9.26.